The Morgan fingerprint density at radius 3 is 3.00 bits per heavy atom. The van der Waals surface area contributed by atoms with E-state index < -0.39 is 12.1 Å². The van der Waals surface area contributed by atoms with E-state index in [0.717, 1.165) is 11.3 Å². The molecular weight excluding hydrogens is 348 g/mol. The van der Waals surface area contributed by atoms with Gasteiger partial charge in [-0.2, -0.15) is 15.4 Å². The molecule has 3 heterocycles. The molecule has 2 amide bonds. The van der Waals surface area contributed by atoms with Crippen molar-refractivity contribution in [2.24, 2.45) is 5.92 Å². The number of aliphatic hydroxyl groups excluding tert-OH is 1. The molecule has 142 valence electrons. The van der Waals surface area contributed by atoms with Crippen LogP contribution in [0.3, 0.4) is 0 Å². The summed E-state index contributed by atoms with van der Waals surface area (Å²) in [5.41, 5.74) is 2.81. The minimum Gasteiger partial charge on any atom is -0.389 e. The van der Waals surface area contributed by atoms with Gasteiger partial charge in [0.2, 0.25) is 11.8 Å². The zero-order chi connectivity index (χ0) is 18.8. The Kier molecular flexibility index (Phi) is 4.85. The number of nitrogens with zero attached hydrogens (tertiary/aromatic N) is 4. The lowest BCUT2D eigenvalue weighted by atomic mass is 10.1. The molecule has 0 aromatic carbocycles. The quantitative estimate of drug-likeness (QED) is 0.635. The number of β-amino-alcohol motifs (C(OH)–C–C–N with tert-alkyl or cyclic N) is 1. The number of aromatic amines is 1. The molecule has 2 aromatic rings. The number of pyridine rings is 1. The lowest BCUT2D eigenvalue weighted by molar-refractivity contribution is -0.134. The minimum absolute atomic E-state index is 0.0198. The summed E-state index contributed by atoms with van der Waals surface area (Å²) in [6.07, 6.45) is 4.61. The largest absolute Gasteiger partial charge is 0.389 e. The van der Waals surface area contributed by atoms with Gasteiger partial charge in [0.15, 0.2) is 0 Å². The van der Waals surface area contributed by atoms with E-state index in [-0.39, 0.29) is 30.7 Å². The molecule has 1 fully saturated rings. The predicted molar refractivity (Wildman–Crippen MR) is 94.4 cm³/mol. The van der Waals surface area contributed by atoms with Gasteiger partial charge in [-0.15, -0.1) is 0 Å². The van der Waals surface area contributed by atoms with Crippen LogP contribution in [0, 0.1) is 5.92 Å². The second-order valence-corrected chi connectivity index (χ2v) is 7.16. The number of fused-ring (bicyclic) bond motifs is 1. The zero-order valence-corrected chi connectivity index (χ0v) is 14.8. The van der Waals surface area contributed by atoms with Crippen LogP contribution in [0.5, 0.6) is 0 Å². The molecule has 0 spiro atoms. The van der Waals surface area contributed by atoms with Crippen molar-refractivity contribution in [2.45, 2.75) is 37.8 Å². The second kappa shape index (κ2) is 7.43. The highest BCUT2D eigenvalue weighted by Gasteiger charge is 2.39. The molecule has 1 saturated heterocycles. The number of nitrogens with one attached hydrogen (secondary N) is 2. The SMILES string of the molecule is O=C(CCc1cn[nH]n1)N[C@@H]1CN(C(=O)C2Cc3cccnc3C2)C[C@H]1O. The monoisotopic (exact) mass is 370 g/mol. The van der Waals surface area contributed by atoms with Gasteiger partial charge in [-0.3, -0.25) is 14.6 Å². The number of carbonyl (C=O) groups is 2. The third kappa shape index (κ3) is 3.82. The maximum absolute atomic E-state index is 12.8. The summed E-state index contributed by atoms with van der Waals surface area (Å²) in [6, 6.07) is 3.45. The van der Waals surface area contributed by atoms with Crippen LogP contribution in [0.1, 0.15) is 23.4 Å². The Hall–Kier alpha value is -2.81. The molecule has 1 unspecified atom stereocenters. The van der Waals surface area contributed by atoms with Crippen LogP contribution in [0.4, 0.5) is 0 Å². The normalized spacial score (nSPS) is 24.0. The van der Waals surface area contributed by atoms with Gasteiger partial charge in [0.05, 0.1) is 24.0 Å². The fourth-order valence-corrected chi connectivity index (χ4v) is 3.82. The first-order chi connectivity index (χ1) is 13.1. The lowest BCUT2D eigenvalue weighted by Gasteiger charge is -2.20. The van der Waals surface area contributed by atoms with E-state index in [2.05, 4.69) is 25.7 Å². The van der Waals surface area contributed by atoms with Crippen LogP contribution in [-0.2, 0) is 28.9 Å². The highest BCUT2D eigenvalue weighted by atomic mass is 16.3. The summed E-state index contributed by atoms with van der Waals surface area (Å²) in [4.78, 5) is 31.0. The Morgan fingerprint density at radius 1 is 1.33 bits per heavy atom. The molecule has 0 bridgehead atoms. The molecule has 2 aromatic heterocycles. The highest BCUT2D eigenvalue weighted by Crippen LogP contribution is 2.27. The number of hydrogen-bond donors (Lipinski definition) is 3. The summed E-state index contributed by atoms with van der Waals surface area (Å²) < 4.78 is 0. The third-order valence-corrected chi connectivity index (χ3v) is 5.26. The van der Waals surface area contributed by atoms with E-state index in [1.54, 1.807) is 17.3 Å². The molecule has 4 rings (SSSR count). The summed E-state index contributed by atoms with van der Waals surface area (Å²) in [7, 11) is 0. The molecular formula is C18H22N6O3. The van der Waals surface area contributed by atoms with E-state index in [4.69, 9.17) is 0 Å². The summed E-state index contributed by atoms with van der Waals surface area (Å²) in [5.74, 6) is -0.288. The summed E-state index contributed by atoms with van der Waals surface area (Å²) >= 11 is 0. The number of aryl methyl sites for hydroxylation is 1. The van der Waals surface area contributed by atoms with Crippen molar-refractivity contribution >= 4 is 11.8 Å². The van der Waals surface area contributed by atoms with Crippen LogP contribution in [0.15, 0.2) is 24.5 Å². The van der Waals surface area contributed by atoms with Gasteiger partial charge in [0.1, 0.15) is 0 Å². The van der Waals surface area contributed by atoms with E-state index in [9.17, 15) is 14.7 Å². The molecule has 1 aliphatic heterocycles. The predicted octanol–water partition coefficient (Wildman–Crippen LogP) is -0.765. The number of aliphatic hydroxyl groups is 1. The highest BCUT2D eigenvalue weighted by molar-refractivity contribution is 5.81. The Bertz CT molecular complexity index is 799. The van der Waals surface area contributed by atoms with Crippen LogP contribution >= 0.6 is 0 Å². The maximum Gasteiger partial charge on any atom is 0.226 e. The average Bonchev–Trinajstić information content (AvgIpc) is 3.39. The fraction of sp³-hybridized carbons (Fsp3) is 0.500. The number of H-pyrrole nitrogens is 1. The number of amides is 2. The van der Waals surface area contributed by atoms with Gasteiger partial charge in [-0.1, -0.05) is 6.07 Å². The van der Waals surface area contributed by atoms with E-state index in [1.165, 1.54) is 0 Å². The van der Waals surface area contributed by atoms with E-state index in [0.29, 0.717) is 31.5 Å². The standard InChI is InChI=1S/C18H22N6O3/c25-16-10-24(18(27)12-6-11-2-1-5-19-14(11)7-12)9-15(16)21-17(26)4-3-13-8-20-23-22-13/h1-2,5,8,12,15-16,25H,3-4,6-7,9-10H2,(H,21,26)(H,20,22,23)/t12?,15-,16-/m1/s1. The molecule has 2 aliphatic rings. The van der Waals surface area contributed by atoms with Gasteiger partial charge in [-0.25, -0.2) is 0 Å². The summed E-state index contributed by atoms with van der Waals surface area (Å²) in [5, 5.41) is 23.2. The number of aromatic nitrogens is 4. The lowest BCUT2D eigenvalue weighted by Crippen LogP contribution is -2.43. The second-order valence-electron chi connectivity index (χ2n) is 7.16. The molecule has 9 nitrogen and oxygen atoms in total. The molecule has 3 N–H and O–H groups in total. The Labute approximate surface area is 156 Å². The molecule has 9 heteroatoms. The smallest absolute Gasteiger partial charge is 0.226 e. The number of carbonyl (C=O) groups excluding carboxylic acids is 2. The van der Waals surface area contributed by atoms with Crippen LogP contribution < -0.4 is 5.32 Å². The van der Waals surface area contributed by atoms with Gasteiger partial charge in [-0.05, 0) is 18.1 Å². The van der Waals surface area contributed by atoms with Crippen molar-refractivity contribution in [2.75, 3.05) is 13.1 Å². The van der Waals surface area contributed by atoms with Crippen molar-refractivity contribution in [3.63, 3.8) is 0 Å². The minimum atomic E-state index is -0.758. The fourth-order valence-electron chi connectivity index (χ4n) is 3.82. The zero-order valence-electron chi connectivity index (χ0n) is 14.8. The maximum atomic E-state index is 12.8. The third-order valence-electron chi connectivity index (χ3n) is 5.26. The molecule has 1 aliphatic carbocycles. The van der Waals surface area contributed by atoms with Crippen molar-refractivity contribution in [3.05, 3.63) is 41.5 Å². The first-order valence-corrected chi connectivity index (χ1v) is 9.14. The number of rotatable bonds is 5. The number of hydrogen-bond acceptors (Lipinski definition) is 6. The van der Waals surface area contributed by atoms with Crippen molar-refractivity contribution in [1.82, 2.24) is 30.6 Å². The molecule has 3 atom stereocenters. The van der Waals surface area contributed by atoms with Crippen LogP contribution in [-0.4, -0.2) is 67.5 Å². The first kappa shape index (κ1) is 17.6. The van der Waals surface area contributed by atoms with Crippen LogP contribution in [0.2, 0.25) is 0 Å². The van der Waals surface area contributed by atoms with Gasteiger partial charge in [0, 0.05) is 50.2 Å². The molecule has 27 heavy (non-hydrogen) atoms. The van der Waals surface area contributed by atoms with Crippen molar-refractivity contribution in [1.29, 1.82) is 0 Å². The van der Waals surface area contributed by atoms with Gasteiger partial charge >= 0.3 is 0 Å². The first-order valence-electron chi connectivity index (χ1n) is 9.14. The Morgan fingerprint density at radius 2 is 2.22 bits per heavy atom. The van der Waals surface area contributed by atoms with Crippen molar-refractivity contribution < 1.29 is 14.7 Å². The van der Waals surface area contributed by atoms with Gasteiger partial charge in [0.25, 0.3) is 0 Å². The molecule has 0 saturated carbocycles. The average molecular weight is 370 g/mol. The van der Waals surface area contributed by atoms with E-state index in [1.807, 2.05) is 12.1 Å². The molecule has 0 radical (unpaired) electrons. The van der Waals surface area contributed by atoms with Gasteiger partial charge < -0.3 is 15.3 Å². The van der Waals surface area contributed by atoms with E-state index >= 15 is 0 Å². The summed E-state index contributed by atoms with van der Waals surface area (Å²) in [6.45, 7) is 0.573. The Balaban J connectivity index is 1.29. The van der Waals surface area contributed by atoms with Crippen LogP contribution in [0.25, 0.3) is 0 Å². The van der Waals surface area contributed by atoms with Crippen molar-refractivity contribution in [3.8, 4) is 0 Å². The number of likely N-dealkylation sites (tertiary alicyclic amines) is 1. The topological polar surface area (TPSA) is 124 Å².